The molecule has 1 saturated heterocycles. The second-order valence-corrected chi connectivity index (χ2v) is 10.6. The first-order chi connectivity index (χ1) is 14.7. The zero-order valence-electron chi connectivity index (χ0n) is 19.3. The van der Waals surface area contributed by atoms with Crippen LogP contribution in [-0.2, 0) is 35.1 Å². The molecule has 1 aliphatic rings. The lowest BCUT2D eigenvalue weighted by Crippen LogP contribution is -2.54. The molecule has 1 aromatic carbocycles. The topological polar surface area (TPSA) is 120 Å². The van der Waals surface area contributed by atoms with Crippen molar-refractivity contribution < 1.29 is 36.4 Å². The second-order valence-electron chi connectivity index (χ2n) is 8.95. The second kappa shape index (κ2) is 10.1. The van der Waals surface area contributed by atoms with Crippen LogP contribution in [0.15, 0.2) is 30.3 Å². The van der Waals surface area contributed by atoms with Gasteiger partial charge in [-0.25, -0.2) is 9.59 Å². The summed E-state index contributed by atoms with van der Waals surface area (Å²) in [5.74, 6) is 0. The predicted molar refractivity (Wildman–Crippen MR) is 116 cm³/mol. The molecule has 1 heterocycles. The Kier molecular flexibility index (Phi) is 8.13. The largest absolute Gasteiger partial charge is 0.445 e. The number of nitrogens with one attached hydrogen (secondary N) is 1. The third kappa shape index (κ3) is 7.95. The molecule has 10 nitrogen and oxygen atoms in total. The molecule has 0 radical (unpaired) electrons. The maximum atomic E-state index is 12.9. The van der Waals surface area contributed by atoms with Gasteiger partial charge < -0.3 is 19.5 Å². The molecular weight excluding hydrogens is 440 g/mol. The Morgan fingerprint density at radius 2 is 1.81 bits per heavy atom. The van der Waals surface area contributed by atoms with Crippen LogP contribution in [0.4, 0.5) is 9.59 Å². The number of benzene rings is 1. The lowest BCUT2D eigenvalue weighted by Gasteiger charge is -2.35. The van der Waals surface area contributed by atoms with Crippen LogP contribution in [0.3, 0.4) is 0 Å². The molecule has 0 spiro atoms. The lowest BCUT2D eigenvalue weighted by atomic mass is 10.1. The molecule has 180 valence electrons. The van der Waals surface area contributed by atoms with Crippen molar-refractivity contribution in [2.45, 2.75) is 64.7 Å². The van der Waals surface area contributed by atoms with Crippen LogP contribution in [0.25, 0.3) is 0 Å². The summed E-state index contributed by atoms with van der Waals surface area (Å²) in [6.07, 6.45) is -1.26. The number of ether oxygens (including phenoxy) is 3. The molecule has 2 unspecified atom stereocenters. The van der Waals surface area contributed by atoms with Crippen molar-refractivity contribution in [1.82, 2.24) is 10.2 Å². The highest BCUT2D eigenvalue weighted by atomic mass is 32.2. The van der Waals surface area contributed by atoms with E-state index in [1.54, 1.807) is 34.6 Å². The summed E-state index contributed by atoms with van der Waals surface area (Å²) in [7, 11) is -3.74. The average Bonchev–Trinajstić information content (AvgIpc) is 2.91. The van der Waals surface area contributed by atoms with E-state index in [9.17, 15) is 18.0 Å². The molecule has 0 aliphatic carbocycles. The van der Waals surface area contributed by atoms with E-state index in [4.69, 9.17) is 18.4 Å². The summed E-state index contributed by atoms with van der Waals surface area (Å²) < 4.78 is 44.5. The summed E-state index contributed by atoms with van der Waals surface area (Å²) in [6.45, 7) is 8.18. The van der Waals surface area contributed by atoms with Gasteiger partial charge in [0, 0.05) is 6.54 Å². The Morgan fingerprint density at radius 3 is 2.38 bits per heavy atom. The van der Waals surface area contributed by atoms with Gasteiger partial charge in [0.05, 0.1) is 18.9 Å². The van der Waals surface area contributed by atoms with Gasteiger partial charge in [0.15, 0.2) is 0 Å². The van der Waals surface area contributed by atoms with E-state index in [1.807, 2.05) is 30.3 Å². The normalized spacial score (nSPS) is 20.6. The number of amides is 2. The lowest BCUT2D eigenvalue weighted by molar-refractivity contribution is -0.0845. The minimum atomic E-state index is -3.74. The highest BCUT2D eigenvalue weighted by molar-refractivity contribution is 7.85. The number of alkyl carbamates (subject to hydrolysis) is 1. The number of carbonyl (C=O) groups is 2. The number of nitrogens with zero attached hydrogens (tertiary/aromatic N) is 1. The molecule has 1 fully saturated rings. The molecule has 1 aromatic rings. The quantitative estimate of drug-likeness (QED) is 0.601. The van der Waals surface area contributed by atoms with Crippen molar-refractivity contribution in [1.29, 1.82) is 0 Å². The van der Waals surface area contributed by atoms with Crippen LogP contribution in [0, 0.1) is 0 Å². The Morgan fingerprint density at radius 1 is 1.19 bits per heavy atom. The van der Waals surface area contributed by atoms with Crippen molar-refractivity contribution in [3.8, 4) is 0 Å². The molecule has 11 heteroatoms. The zero-order valence-corrected chi connectivity index (χ0v) is 20.1. The van der Waals surface area contributed by atoms with Gasteiger partial charge in [-0.05, 0) is 40.2 Å². The fraction of sp³-hybridized carbons (Fsp3) is 0.619. The van der Waals surface area contributed by atoms with Gasteiger partial charge in [0.1, 0.15) is 24.0 Å². The number of hydrogen-bond acceptors (Lipinski definition) is 8. The van der Waals surface area contributed by atoms with E-state index < -0.39 is 45.8 Å². The van der Waals surface area contributed by atoms with E-state index in [1.165, 1.54) is 4.90 Å². The average molecular weight is 473 g/mol. The molecule has 0 aromatic heterocycles. The van der Waals surface area contributed by atoms with Gasteiger partial charge in [0.2, 0.25) is 0 Å². The molecule has 2 atom stereocenters. The highest BCUT2D eigenvalue weighted by Crippen LogP contribution is 2.34. The van der Waals surface area contributed by atoms with Crippen LogP contribution in [-0.4, -0.2) is 68.4 Å². The van der Waals surface area contributed by atoms with Gasteiger partial charge in [-0.3, -0.25) is 9.08 Å². The smallest absolute Gasteiger partial charge is 0.412 e. The first kappa shape index (κ1) is 25.9. The van der Waals surface area contributed by atoms with E-state index in [2.05, 4.69) is 5.32 Å². The summed E-state index contributed by atoms with van der Waals surface area (Å²) in [6, 6.07) is 8.41. The van der Waals surface area contributed by atoms with Gasteiger partial charge in [0.25, 0.3) is 10.1 Å². The van der Waals surface area contributed by atoms with E-state index in [-0.39, 0.29) is 19.8 Å². The van der Waals surface area contributed by atoms with E-state index >= 15 is 0 Å². The molecular formula is C21H32N2O8S. The van der Waals surface area contributed by atoms with Gasteiger partial charge in [-0.1, -0.05) is 30.3 Å². The highest BCUT2D eigenvalue weighted by Gasteiger charge is 2.51. The summed E-state index contributed by atoms with van der Waals surface area (Å²) in [5, 5.41) is 2.61. The molecule has 0 bridgehead atoms. The Hall–Kier alpha value is -2.37. The molecule has 32 heavy (non-hydrogen) atoms. The maximum Gasteiger partial charge on any atom is 0.412 e. The molecule has 1 aliphatic heterocycles. The van der Waals surface area contributed by atoms with Crippen molar-refractivity contribution in [2.24, 2.45) is 0 Å². The molecule has 2 rings (SSSR count). The van der Waals surface area contributed by atoms with Crippen molar-refractivity contribution in [3.05, 3.63) is 35.9 Å². The first-order valence-electron chi connectivity index (χ1n) is 10.2. The standard InChI is InChI=1S/C21H32N2O8S/c1-20(2,3)31-19(25)23-16(17(30-21(23,4)5)14-29-32(6,26)27)12-22-18(24)28-13-15-10-8-7-9-11-15/h7-11,16-17H,12-14H2,1-6H3,(H,22,24). The number of hydrogen-bond donors (Lipinski definition) is 1. The van der Waals surface area contributed by atoms with E-state index in [0.717, 1.165) is 11.8 Å². The molecule has 0 saturated carbocycles. The Balaban J connectivity index is 2.12. The maximum absolute atomic E-state index is 12.9. The number of rotatable bonds is 7. The molecule has 2 amide bonds. The van der Waals surface area contributed by atoms with Crippen LogP contribution in [0.1, 0.15) is 40.2 Å². The monoisotopic (exact) mass is 472 g/mol. The first-order valence-corrected chi connectivity index (χ1v) is 12.0. The van der Waals surface area contributed by atoms with Crippen LogP contribution in [0.2, 0.25) is 0 Å². The van der Waals surface area contributed by atoms with Crippen LogP contribution >= 0.6 is 0 Å². The zero-order chi connectivity index (χ0) is 24.2. The summed E-state index contributed by atoms with van der Waals surface area (Å²) in [4.78, 5) is 26.5. The van der Waals surface area contributed by atoms with Gasteiger partial charge in [-0.2, -0.15) is 8.42 Å². The SMILES string of the molecule is CC(C)(C)OC(=O)N1C(CNC(=O)OCc2ccccc2)C(COS(C)(=O)=O)OC1(C)C. The minimum Gasteiger partial charge on any atom is -0.445 e. The fourth-order valence-corrected chi connectivity index (χ4v) is 3.64. The van der Waals surface area contributed by atoms with Crippen molar-refractivity contribution in [2.75, 3.05) is 19.4 Å². The summed E-state index contributed by atoms with van der Waals surface area (Å²) >= 11 is 0. The third-order valence-electron chi connectivity index (χ3n) is 4.49. The van der Waals surface area contributed by atoms with Gasteiger partial charge in [-0.15, -0.1) is 0 Å². The Bertz CT molecular complexity index is 896. The fourth-order valence-electron chi connectivity index (χ4n) is 3.26. The van der Waals surface area contributed by atoms with E-state index in [0.29, 0.717) is 0 Å². The Labute approximate surface area is 189 Å². The predicted octanol–water partition coefficient (Wildman–Crippen LogP) is 2.63. The van der Waals surface area contributed by atoms with Crippen LogP contribution in [0.5, 0.6) is 0 Å². The summed E-state index contributed by atoms with van der Waals surface area (Å²) in [5.41, 5.74) is -1.07. The minimum absolute atomic E-state index is 0.0614. The van der Waals surface area contributed by atoms with Gasteiger partial charge >= 0.3 is 12.2 Å². The number of carbonyl (C=O) groups excluding carboxylic acids is 2. The molecule has 1 N–H and O–H groups in total. The van der Waals surface area contributed by atoms with Crippen LogP contribution < -0.4 is 5.32 Å². The van der Waals surface area contributed by atoms with Crippen molar-refractivity contribution in [3.63, 3.8) is 0 Å². The van der Waals surface area contributed by atoms with Crippen molar-refractivity contribution >= 4 is 22.3 Å². The third-order valence-corrected chi connectivity index (χ3v) is 5.05.